The van der Waals surface area contributed by atoms with E-state index in [0.29, 0.717) is 26.2 Å². The number of hydrogen-bond acceptors (Lipinski definition) is 6. The van der Waals surface area contributed by atoms with Gasteiger partial charge in [0.05, 0.1) is 12.9 Å². The largest absolute Gasteiger partial charge is 0.383 e. The molecule has 2 rings (SSSR count). The Morgan fingerprint density at radius 2 is 1.96 bits per heavy atom. The van der Waals surface area contributed by atoms with Gasteiger partial charge in [-0.25, -0.2) is 9.78 Å². The summed E-state index contributed by atoms with van der Waals surface area (Å²) in [5.41, 5.74) is -0.436. The van der Waals surface area contributed by atoms with Crippen molar-refractivity contribution >= 4 is 17.1 Å². The molecule has 0 bridgehead atoms. The molecule has 2 aromatic rings. The van der Waals surface area contributed by atoms with Crippen molar-refractivity contribution in [2.75, 3.05) is 33.4 Å². The van der Waals surface area contributed by atoms with Gasteiger partial charge < -0.3 is 19.9 Å². The van der Waals surface area contributed by atoms with Crippen molar-refractivity contribution in [3.8, 4) is 0 Å². The first kappa shape index (κ1) is 17.9. The second-order valence-electron chi connectivity index (χ2n) is 5.34. The molecule has 10 nitrogen and oxygen atoms in total. The molecule has 0 spiro atoms. The summed E-state index contributed by atoms with van der Waals surface area (Å²) in [7, 11) is 4.55. The second-order valence-corrected chi connectivity index (χ2v) is 5.34. The van der Waals surface area contributed by atoms with Crippen LogP contribution in [-0.2, 0) is 30.2 Å². The molecule has 2 heterocycles. The van der Waals surface area contributed by atoms with E-state index >= 15 is 0 Å². The molecule has 2 aromatic heterocycles. The third kappa shape index (κ3) is 3.71. The van der Waals surface area contributed by atoms with E-state index in [0.717, 1.165) is 4.57 Å². The van der Waals surface area contributed by atoms with Crippen LogP contribution in [0, 0.1) is 0 Å². The minimum absolute atomic E-state index is 0.0397. The molecule has 0 aliphatic rings. The molecule has 10 heteroatoms. The highest BCUT2D eigenvalue weighted by atomic mass is 16.5. The molecule has 0 unspecified atom stereocenters. The van der Waals surface area contributed by atoms with E-state index in [4.69, 9.17) is 4.74 Å². The van der Waals surface area contributed by atoms with Crippen molar-refractivity contribution in [3.05, 3.63) is 27.2 Å². The van der Waals surface area contributed by atoms with E-state index in [9.17, 15) is 14.4 Å². The maximum Gasteiger partial charge on any atom is 0.332 e. The van der Waals surface area contributed by atoms with Crippen molar-refractivity contribution in [3.63, 3.8) is 0 Å². The fourth-order valence-corrected chi connectivity index (χ4v) is 2.32. The molecule has 24 heavy (non-hydrogen) atoms. The van der Waals surface area contributed by atoms with Crippen LogP contribution >= 0.6 is 0 Å². The Bertz CT molecular complexity index is 834. The average molecular weight is 338 g/mol. The molecule has 1 amide bonds. The molecule has 0 saturated carbocycles. The highest BCUT2D eigenvalue weighted by molar-refractivity contribution is 5.78. The number of aromatic nitrogens is 4. The number of amides is 1. The first-order valence-corrected chi connectivity index (χ1v) is 7.54. The number of nitrogens with one attached hydrogen (secondary N) is 2. The number of fused-ring (bicyclic) bond motifs is 1. The van der Waals surface area contributed by atoms with Gasteiger partial charge in [-0.3, -0.25) is 18.7 Å². The van der Waals surface area contributed by atoms with Crippen molar-refractivity contribution < 1.29 is 9.53 Å². The number of ether oxygens (including phenoxy) is 1. The number of imidazole rings is 1. The van der Waals surface area contributed by atoms with Crippen LogP contribution in [0.2, 0.25) is 0 Å². The minimum Gasteiger partial charge on any atom is -0.383 e. The first-order valence-electron chi connectivity index (χ1n) is 7.54. The first-order chi connectivity index (χ1) is 11.5. The average Bonchev–Trinajstić information content (AvgIpc) is 2.97. The van der Waals surface area contributed by atoms with Gasteiger partial charge in [0, 0.05) is 40.8 Å². The van der Waals surface area contributed by atoms with E-state index in [2.05, 4.69) is 15.6 Å². The normalized spacial score (nSPS) is 11.1. The molecule has 132 valence electrons. The van der Waals surface area contributed by atoms with Crippen LogP contribution in [0.15, 0.2) is 15.9 Å². The lowest BCUT2D eigenvalue weighted by molar-refractivity contribution is -0.121. The summed E-state index contributed by atoms with van der Waals surface area (Å²) in [5, 5.41) is 5.86. The smallest absolute Gasteiger partial charge is 0.332 e. The van der Waals surface area contributed by atoms with Gasteiger partial charge in [-0.2, -0.15) is 0 Å². The zero-order valence-electron chi connectivity index (χ0n) is 14.0. The van der Waals surface area contributed by atoms with Crippen LogP contribution in [0.1, 0.15) is 0 Å². The van der Waals surface area contributed by atoms with Crippen LogP contribution in [0.5, 0.6) is 0 Å². The third-order valence-corrected chi connectivity index (χ3v) is 3.64. The molecule has 0 fully saturated rings. The molecule has 0 saturated heterocycles. The number of rotatable bonds is 8. The standard InChI is InChI=1S/C14H22N6O4/c1-18-12-11(13(22)19(2)14(18)23)20(9-17-12)8-10(21)16-5-4-15-6-7-24-3/h9,15H,4-8H2,1-3H3,(H,16,21). The predicted molar refractivity (Wildman–Crippen MR) is 88.0 cm³/mol. The number of methoxy groups -OCH3 is 1. The highest BCUT2D eigenvalue weighted by Crippen LogP contribution is 2.04. The van der Waals surface area contributed by atoms with Gasteiger partial charge in [0.15, 0.2) is 11.2 Å². The van der Waals surface area contributed by atoms with Gasteiger partial charge in [-0.15, -0.1) is 0 Å². The van der Waals surface area contributed by atoms with Crippen LogP contribution in [-0.4, -0.2) is 57.9 Å². The highest BCUT2D eigenvalue weighted by Gasteiger charge is 2.15. The molecule has 0 radical (unpaired) electrons. The zero-order valence-corrected chi connectivity index (χ0v) is 14.0. The summed E-state index contributed by atoms with van der Waals surface area (Å²) in [6.07, 6.45) is 1.39. The number of nitrogens with zero attached hydrogens (tertiary/aromatic N) is 4. The van der Waals surface area contributed by atoms with Crippen LogP contribution in [0.4, 0.5) is 0 Å². The van der Waals surface area contributed by atoms with Crippen molar-refractivity contribution in [1.29, 1.82) is 0 Å². The fourth-order valence-electron chi connectivity index (χ4n) is 2.32. The lowest BCUT2D eigenvalue weighted by Gasteiger charge is -2.08. The van der Waals surface area contributed by atoms with Crippen LogP contribution in [0.25, 0.3) is 11.2 Å². The zero-order chi connectivity index (χ0) is 17.7. The Hall–Kier alpha value is -2.46. The van der Waals surface area contributed by atoms with Gasteiger partial charge in [0.25, 0.3) is 5.56 Å². The lowest BCUT2D eigenvalue weighted by atomic mass is 10.4. The summed E-state index contributed by atoms with van der Waals surface area (Å²) in [6, 6.07) is 0. The van der Waals surface area contributed by atoms with E-state index in [1.54, 1.807) is 7.11 Å². The number of carbonyl (C=O) groups excluding carboxylic acids is 1. The van der Waals surface area contributed by atoms with Crippen LogP contribution < -0.4 is 21.9 Å². The van der Waals surface area contributed by atoms with Gasteiger partial charge in [0.2, 0.25) is 5.91 Å². The predicted octanol–water partition coefficient (Wildman–Crippen LogP) is -2.21. The summed E-state index contributed by atoms with van der Waals surface area (Å²) < 4.78 is 8.63. The lowest BCUT2D eigenvalue weighted by Crippen LogP contribution is -2.38. The summed E-state index contributed by atoms with van der Waals surface area (Å²) >= 11 is 0. The number of aryl methyl sites for hydroxylation is 1. The Morgan fingerprint density at radius 3 is 2.67 bits per heavy atom. The molecule has 0 aliphatic carbocycles. The second kappa shape index (κ2) is 7.88. The molecule has 0 aliphatic heterocycles. The Balaban J connectivity index is 2.04. The monoisotopic (exact) mass is 338 g/mol. The SMILES string of the molecule is COCCNCCNC(=O)Cn1cnc2c1c(=O)n(C)c(=O)n2C. The van der Waals surface area contributed by atoms with Crippen molar-refractivity contribution in [2.24, 2.45) is 14.1 Å². The Morgan fingerprint density at radius 1 is 1.21 bits per heavy atom. The van der Waals surface area contributed by atoms with E-state index < -0.39 is 11.2 Å². The maximum absolute atomic E-state index is 12.3. The van der Waals surface area contributed by atoms with Gasteiger partial charge in [-0.05, 0) is 0 Å². The molecule has 0 atom stereocenters. The van der Waals surface area contributed by atoms with Crippen LogP contribution in [0.3, 0.4) is 0 Å². The Labute approximate surface area is 138 Å². The summed E-state index contributed by atoms with van der Waals surface area (Å²) in [6.45, 7) is 2.36. The maximum atomic E-state index is 12.3. The Kier molecular flexibility index (Phi) is 5.88. The van der Waals surface area contributed by atoms with Crippen molar-refractivity contribution in [1.82, 2.24) is 29.3 Å². The van der Waals surface area contributed by atoms with E-state index in [1.807, 2.05) is 0 Å². The number of carbonyl (C=O) groups is 1. The third-order valence-electron chi connectivity index (χ3n) is 3.64. The molecular formula is C14H22N6O4. The molecule has 0 aromatic carbocycles. The fraction of sp³-hybridized carbons (Fsp3) is 0.571. The van der Waals surface area contributed by atoms with Gasteiger partial charge in [0.1, 0.15) is 6.54 Å². The quantitative estimate of drug-likeness (QED) is 0.528. The van der Waals surface area contributed by atoms with E-state index in [-0.39, 0.29) is 23.6 Å². The summed E-state index contributed by atoms with van der Waals surface area (Å²) in [4.78, 5) is 40.2. The van der Waals surface area contributed by atoms with E-state index in [1.165, 1.54) is 29.6 Å². The van der Waals surface area contributed by atoms with Crippen molar-refractivity contribution in [2.45, 2.75) is 6.54 Å². The minimum atomic E-state index is -0.473. The van der Waals surface area contributed by atoms with Gasteiger partial charge in [-0.1, -0.05) is 0 Å². The molecular weight excluding hydrogens is 316 g/mol. The molecule has 2 N–H and O–H groups in total. The number of hydrogen-bond donors (Lipinski definition) is 2. The topological polar surface area (TPSA) is 112 Å². The van der Waals surface area contributed by atoms with Gasteiger partial charge >= 0.3 is 5.69 Å². The summed E-state index contributed by atoms with van der Waals surface area (Å²) in [5.74, 6) is -0.237.